The Hall–Kier alpha value is -3.85. The molecule has 0 bridgehead atoms. The van der Waals surface area contributed by atoms with Gasteiger partial charge < -0.3 is 5.32 Å². The highest BCUT2D eigenvalue weighted by atomic mass is 32.2. The van der Waals surface area contributed by atoms with Gasteiger partial charge in [0.2, 0.25) is 5.91 Å². The molecule has 0 fully saturated rings. The number of thioether (sulfide) groups is 1. The molecule has 9 heteroatoms. The van der Waals surface area contributed by atoms with Crippen LogP contribution < -0.4 is 5.32 Å². The number of carbonyl (C=O) groups excluding carboxylic acids is 2. The van der Waals surface area contributed by atoms with E-state index in [0.717, 1.165) is 22.4 Å². The first-order valence-corrected chi connectivity index (χ1v) is 12.7. The number of anilines is 1. The van der Waals surface area contributed by atoms with Gasteiger partial charge in [-0.25, -0.2) is 13.8 Å². The van der Waals surface area contributed by atoms with Gasteiger partial charge in [-0.1, -0.05) is 53.7 Å². The quantitative estimate of drug-likeness (QED) is 0.466. The fourth-order valence-electron chi connectivity index (χ4n) is 4.26. The number of benzene rings is 3. The monoisotopic (exact) mass is 518 g/mol. The number of amides is 2. The van der Waals surface area contributed by atoms with Crippen molar-refractivity contribution < 1.29 is 18.4 Å². The smallest absolute Gasteiger partial charge is 0.262 e. The van der Waals surface area contributed by atoms with Crippen LogP contribution in [0.2, 0.25) is 0 Å². The summed E-state index contributed by atoms with van der Waals surface area (Å²) in [6, 6.07) is 18.3. The van der Waals surface area contributed by atoms with Crippen molar-refractivity contribution in [3.63, 3.8) is 0 Å². The average molecular weight is 519 g/mol. The van der Waals surface area contributed by atoms with Crippen LogP contribution in [0.15, 0.2) is 76.8 Å². The first kappa shape index (κ1) is 24.8. The highest BCUT2D eigenvalue weighted by molar-refractivity contribution is 8.15. The maximum absolute atomic E-state index is 13.6. The molecule has 0 spiro atoms. The van der Waals surface area contributed by atoms with Crippen LogP contribution in [0.1, 0.15) is 41.1 Å². The van der Waals surface area contributed by atoms with Gasteiger partial charge >= 0.3 is 0 Å². The number of nitrogens with one attached hydrogen (secondary N) is 1. The Labute approximate surface area is 217 Å². The normalized spacial score (nSPS) is 19.1. The predicted octanol–water partition coefficient (Wildman–Crippen LogP) is 5.76. The molecule has 3 aromatic rings. The summed E-state index contributed by atoms with van der Waals surface area (Å²) in [4.78, 5) is 29.6. The van der Waals surface area contributed by atoms with Gasteiger partial charge in [-0.15, -0.1) is 0 Å². The van der Waals surface area contributed by atoms with Gasteiger partial charge in [0, 0.05) is 18.5 Å². The van der Waals surface area contributed by atoms with Crippen molar-refractivity contribution in [1.82, 2.24) is 5.01 Å². The van der Waals surface area contributed by atoms with Crippen molar-refractivity contribution in [2.45, 2.75) is 38.0 Å². The molecular formula is C28H24F2N4O2S. The Morgan fingerprint density at radius 1 is 1.05 bits per heavy atom. The van der Waals surface area contributed by atoms with E-state index in [9.17, 15) is 18.4 Å². The number of rotatable bonds is 5. The van der Waals surface area contributed by atoms with Gasteiger partial charge in [-0.3, -0.25) is 9.59 Å². The molecule has 2 aliphatic rings. The zero-order valence-corrected chi connectivity index (χ0v) is 21.1. The summed E-state index contributed by atoms with van der Waals surface area (Å²) in [6.07, 6.45) is 0.466. The van der Waals surface area contributed by atoms with Crippen LogP contribution in [0, 0.1) is 25.5 Å². The van der Waals surface area contributed by atoms with E-state index in [-0.39, 0.29) is 30.0 Å². The van der Waals surface area contributed by atoms with E-state index in [0.29, 0.717) is 22.8 Å². The largest absolute Gasteiger partial charge is 0.326 e. The SMILES string of the molecule is Cc1ccc(C2=NN(C3=NC(=O)[C@H](CC(=O)Nc4ccc(F)c(C)c4)S3)[C@@H](c3ccc(F)cc3)C2)cc1. The molecule has 5 rings (SSSR count). The van der Waals surface area contributed by atoms with Gasteiger partial charge in [0.15, 0.2) is 5.17 Å². The van der Waals surface area contributed by atoms with E-state index in [1.54, 1.807) is 24.1 Å². The van der Waals surface area contributed by atoms with Gasteiger partial charge in [0.05, 0.1) is 11.8 Å². The number of carbonyl (C=O) groups is 2. The second-order valence-electron chi connectivity index (χ2n) is 9.08. The minimum absolute atomic E-state index is 0.0868. The molecule has 0 aliphatic carbocycles. The summed E-state index contributed by atoms with van der Waals surface area (Å²) in [5, 5.41) is 8.91. The molecule has 0 saturated carbocycles. The molecule has 188 valence electrons. The van der Waals surface area contributed by atoms with Crippen molar-refractivity contribution in [3.05, 3.63) is 101 Å². The molecule has 0 radical (unpaired) electrons. The Bertz CT molecular complexity index is 1420. The summed E-state index contributed by atoms with van der Waals surface area (Å²) in [6.45, 7) is 3.62. The first-order chi connectivity index (χ1) is 17.8. The molecule has 2 amide bonds. The zero-order valence-electron chi connectivity index (χ0n) is 20.2. The highest BCUT2D eigenvalue weighted by Gasteiger charge is 2.39. The summed E-state index contributed by atoms with van der Waals surface area (Å²) < 4.78 is 27.1. The predicted molar refractivity (Wildman–Crippen MR) is 142 cm³/mol. The molecule has 6 nitrogen and oxygen atoms in total. The molecule has 0 saturated heterocycles. The average Bonchev–Trinajstić information content (AvgIpc) is 3.46. The van der Waals surface area contributed by atoms with E-state index in [1.165, 1.54) is 42.1 Å². The Kier molecular flexibility index (Phi) is 6.88. The molecule has 2 aliphatic heterocycles. The third-order valence-electron chi connectivity index (χ3n) is 6.29. The number of nitrogens with zero attached hydrogens (tertiary/aromatic N) is 3. The number of hydrogen-bond acceptors (Lipinski definition) is 5. The van der Waals surface area contributed by atoms with Gasteiger partial charge in [0.25, 0.3) is 5.91 Å². The Morgan fingerprint density at radius 2 is 1.78 bits per heavy atom. The Balaban J connectivity index is 1.34. The van der Waals surface area contributed by atoms with E-state index in [4.69, 9.17) is 5.10 Å². The fourth-order valence-corrected chi connectivity index (χ4v) is 5.32. The van der Waals surface area contributed by atoms with E-state index in [1.807, 2.05) is 31.2 Å². The summed E-state index contributed by atoms with van der Waals surface area (Å²) >= 11 is 1.19. The maximum Gasteiger partial charge on any atom is 0.262 e. The first-order valence-electron chi connectivity index (χ1n) is 11.8. The second kappa shape index (κ2) is 10.3. The van der Waals surface area contributed by atoms with E-state index >= 15 is 0 Å². The number of aryl methyl sites for hydroxylation is 2. The summed E-state index contributed by atoms with van der Waals surface area (Å²) in [5.74, 6) is -1.47. The van der Waals surface area contributed by atoms with Crippen LogP contribution in [-0.4, -0.2) is 33.0 Å². The topological polar surface area (TPSA) is 74.1 Å². The summed E-state index contributed by atoms with van der Waals surface area (Å²) in [7, 11) is 0. The molecule has 0 unspecified atom stereocenters. The molecular weight excluding hydrogens is 494 g/mol. The van der Waals surface area contributed by atoms with E-state index in [2.05, 4.69) is 10.3 Å². The fraction of sp³-hybridized carbons (Fsp3) is 0.214. The van der Waals surface area contributed by atoms with Crippen LogP contribution in [0.5, 0.6) is 0 Å². The second-order valence-corrected chi connectivity index (χ2v) is 10.3. The number of hydrogen-bond donors (Lipinski definition) is 1. The van der Waals surface area contributed by atoms with Crippen molar-refractivity contribution in [3.8, 4) is 0 Å². The van der Waals surface area contributed by atoms with Crippen molar-refractivity contribution >= 4 is 40.1 Å². The lowest BCUT2D eigenvalue weighted by molar-refractivity contribution is -0.121. The lowest BCUT2D eigenvalue weighted by Crippen LogP contribution is -2.25. The number of halogens is 2. The molecule has 37 heavy (non-hydrogen) atoms. The Morgan fingerprint density at radius 3 is 2.49 bits per heavy atom. The minimum Gasteiger partial charge on any atom is -0.326 e. The van der Waals surface area contributed by atoms with Gasteiger partial charge in [-0.05, 0) is 60.9 Å². The van der Waals surface area contributed by atoms with Crippen molar-refractivity contribution in [2.24, 2.45) is 10.1 Å². The maximum atomic E-state index is 13.6. The molecule has 2 heterocycles. The minimum atomic E-state index is -0.705. The van der Waals surface area contributed by atoms with Crippen LogP contribution in [-0.2, 0) is 9.59 Å². The van der Waals surface area contributed by atoms with Crippen LogP contribution in [0.4, 0.5) is 14.5 Å². The molecule has 3 aromatic carbocycles. The van der Waals surface area contributed by atoms with Crippen molar-refractivity contribution in [1.29, 1.82) is 0 Å². The lowest BCUT2D eigenvalue weighted by atomic mass is 9.98. The van der Waals surface area contributed by atoms with Crippen LogP contribution >= 0.6 is 11.8 Å². The molecule has 1 N–H and O–H groups in total. The third-order valence-corrected chi connectivity index (χ3v) is 7.43. The summed E-state index contributed by atoms with van der Waals surface area (Å²) in [5.41, 5.74) is 4.64. The number of hydrazone groups is 1. The standard InChI is InChI=1S/C28H24F2N4O2S/c1-16-3-5-18(6-4-16)23-14-24(19-7-9-20(29)10-8-19)34(33-23)28-32-27(36)25(37-28)15-26(35)31-21-11-12-22(30)17(2)13-21/h3-13,24-25H,14-15H2,1-2H3,(H,31,35)/t24-,25+/m1/s1. The van der Waals surface area contributed by atoms with Gasteiger partial charge in [0.1, 0.15) is 16.9 Å². The zero-order chi connectivity index (χ0) is 26.1. The van der Waals surface area contributed by atoms with Gasteiger partial charge in [-0.2, -0.15) is 10.1 Å². The number of aliphatic imine (C=N–C) groups is 1. The lowest BCUT2D eigenvalue weighted by Gasteiger charge is -2.23. The third kappa shape index (κ3) is 5.46. The number of amidine groups is 1. The van der Waals surface area contributed by atoms with Crippen LogP contribution in [0.25, 0.3) is 0 Å². The van der Waals surface area contributed by atoms with Crippen LogP contribution in [0.3, 0.4) is 0 Å². The molecule has 0 aromatic heterocycles. The van der Waals surface area contributed by atoms with Crippen molar-refractivity contribution in [2.75, 3.05) is 5.32 Å². The highest BCUT2D eigenvalue weighted by Crippen LogP contribution is 2.38. The molecule has 2 atom stereocenters. The van der Waals surface area contributed by atoms with E-state index < -0.39 is 11.2 Å².